The van der Waals surface area contributed by atoms with Gasteiger partial charge in [-0.1, -0.05) is 0 Å². The van der Waals surface area contributed by atoms with Crippen molar-refractivity contribution in [2.75, 3.05) is 13.2 Å². The standard InChI is InChI=1S/C11H19NOS/c1-4-13-8-10(3)12-7-11-9(2)5-6-14-11/h5-6,10,12H,4,7-8H2,1-3H3. The van der Waals surface area contributed by atoms with Gasteiger partial charge in [-0.3, -0.25) is 0 Å². The third-order valence-electron chi connectivity index (χ3n) is 2.15. The second-order valence-electron chi connectivity index (χ2n) is 3.47. The summed E-state index contributed by atoms with van der Waals surface area (Å²) in [5, 5.41) is 5.58. The average molecular weight is 213 g/mol. The molecule has 1 aromatic heterocycles. The highest BCUT2D eigenvalue weighted by Gasteiger charge is 2.03. The Morgan fingerprint density at radius 2 is 2.36 bits per heavy atom. The van der Waals surface area contributed by atoms with Crippen LogP contribution in [-0.2, 0) is 11.3 Å². The van der Waals surface area contributed by atoms with Crippen molar-refractivity contribution in [2.24, 2.45) is 0 Å². The first-order valence-corrected chi connectivity index (χ1v) is 5.96. The van der Waals surface area contributed by atoms with Crippen LogP contribution >= 0.6 is 11.3 Å². The van der Waals surface area contributed by atoms with Crippen molar-refractivity contribution < 1.29 is 4.74 Å². The second-order valence-corrected chi connectivity index (χ2v) is 4.47. The number of thiophene rings is 1. The quantitative estimate of drug-likeness (QED) is 0.784. The molecule has 0 aliphatic heterocycles. The lowest BCUT2D eigenvalue weighted by atomic mass is 10.3. The van der Waals surface area contributed by atoms with Gasteiger partial charge in [0.2, 0.25) is 0 Å². The van der Waals surface area contributed by atoms with Crippen LogP contribution in [0, 0.1) is 6.92 Å². The van der Waals surface area contributed by atoms with Gasteiger partial charge in [0.25, 0.3) is 0 Å². The number of rotatable bonds is 6. The zero-order valence-corrected chi connectivity index (χ0v) is 9.99. The van der Waals surface area contributed by atoms with Crippen LogP contribution in [0.4, 0.5) is 0 Å². The number of ether oxygens (including phenoxy) is 1. The summed E-state index contributed by atoms with van der Waals surface area (Å²) >= 11 is 1.81. The maximum Gasteiger partial charge on any atom is 0.0616 e. The Morgan fingerprint density at radius 3 is 2.93 bits per heavy atom. The first kappa shape index (κ1) is 11.7. The van der Waals surface area contributed by atoms with Gasteiger partial charge in [-0.2, -0.15) is 0 Å². The Balaban J connectivity index is 2.23. The van der Waals surface area contributed by atoms with Crippen molar-refractivity contribution in [1.82, 2.24) is 5.32 Å². The molecule has 1 heterocycles. The molecule has 0 saturated heterocycles. The lowest BCUT2D eigenvalue weighted by Gasteiger charge is -2.12. The van der Waals surface area contributed by atoms with Crippen molar-refractivity contribution in [3.8, 4) is 0 Å². The summed E-state index contributed by atoms with van der Waals surface area (Å²) in [5.41, 5.74) is 1.38. The van der Waals surface area contributed by atoms with Crippen molar-refractivity contribution in [3.05, 3.63) is 21.9 Å². The maximum absolute atomic E-state index is 5.34. The monoisotopic (exact) mass is 213 g/mol. The predicted octanol–water partition coefficient (Wildman–Crippen LogP) is 2.57. The molecule has 0 aromatic carbocycles. The third kappa shape index (κ3) is 3.78. The molecule has 0 saturated carbocycles. The summed E-state index contributed by atoms with van der Waals surface area (Å²) in [6.07, 6.45) is 0. The van der Waals surface area contributed by atoms with E-state index in [1.165, 1.54) is 10.4 Å². The summed E-state index contributed by atoms with van der Waals surface area (Å²) in [5.74, 6) is 0. The fraction of sp³-hybridized carbons (Fsp3) is 0.636. The lowest BCUT2D eigenvalue weighted by Crippen LogP contribution is -2.29. The molecule has 0 bridgehead atoms. The summed E-state index contributed by atoms with van der Waals surface area (Å²) in [7, 11) is 0. The van der Waals surface area contributed by atoms with Gasteiger partial charge in [0.1, 0.15) is 0 Å². The van der Waals surface area contributed by atoms with Gasteiger partial charge >= 0.3 is 0 Å². The van der Waals surface area contributed by atoms with Gasteiger partial charge in [0.05, 0.1) is 6.61 Å². The van der Waals surface area contributed by atoms with Crippen molar-refractivity contribution in [1.29, 1.82) is 0 Å². The largest absolute Gasteiger partial charge is 0.380 e. The van der Waals surface area contributed by atoms with Crippen LogP contribution in [0.1, 0.15) is 24.3 Å². The molecule has 0 radical (unpaired) electrons. The van der Waals surface area contributed by atoms with Gasteiger partial charge in [0, 0.05) is 24.1 Å². The third-order valence-corrected chi connectivity index (χ3v) is 3.17. The van der Waals surface area contributed by atoms with E-state index in [2.05, 4.69) is 30.6 Å². The topological polar surface area (TPSA) is 21.3 Å². The van der Waals surface area contributed by atoms with E-state index < -0.39 is 0 Å². The van der Waals surface area contributed by atoms with Gasteiger partial charge in [-0.05, 0) is 37.8 Å². The minimum Gasteiger partial charge on any atom is -0.380 e. The van der Waals surface area contributed by atoms with E-state index >= 15 is 0 Å². The van der Waals surface area contributed by atoms with Crippen LogP contribution in [0.25, 0.3) is 0 Å². The number of aryl methyl sites for hydroxylation is 1. The molecular weight excluding hydrogens is 194 g/mol. The van der Waals surface area contributed by atoms with Crippen LogP contribution in [0.2, 0.25) is 0 Å². The van der Waals surface area contributed by atoms with Gasteiger partial charge in [-0.25, -0.2) is 0 Å². The molecular formula is C11H19NOS. The maximum atomic E-state index is 5.34. The van der Waals surface area contributed by atoms with Crippen LogP contribution < -0.4 is 5.32 Å². The minimum absolute atomic E-state index is 0.427. The molecule has 1 unspecified atom stereocenters. The van der Waals surface area contributed by atoms with Crippen molar-refractivity contribution in [3.63, 3.8) is 0 Å². The summed E-state index contributed by atoms with van der Waals surface area (Å²) < 4.78 is 5.34. The van der Waals surface area contributed by atoms with E-state index in [0.717, 1.165) is 19.8 Å². The normalized spacial score (nSPS) is 13.1. The molecule has 14 heavy (non-hydrogen) atoms. The second kappa shape index (κ2) is 6.17. The Morgan fingerprint density at radius 1 is 1.57 bits per heavy atom. The molecule has 0 aliphatic carbocycles. The van der Waals surface area contributed by atoms with Crippen molar-refractivity contribution >= 4 is 11.3 Å². The number of hydrogen-bond acceptors (Lipinski definition) is 3. The average Bonchev–Trinajstić information content (AvgIpc) is 2.58. The Kier molecular flexibility index (Phi) is 5.15. The smallest absolute Gasteiger partial charge is 0.0616 e. The fourth-order valence-corrected chi connectivity index (χ4v) is 2.06. The van der Waals surface area contributed by atoms with E-state index in [1.54, 1.807) is 0 Å². The molecule has 80 valence electrons. The van der Waals surface area contributed by atoms with E-state index in [-0.39, 0.29) is 0 Å². The zero-order valence-electron chi connectivity index (χ0n) is 9.17. The highest BCUT2D eigenvalue weighted by molar-refractivity contribution is 7.10. The summed E-state index contributed by atoms with van der Waals surface area (Å²) in [6.45, 7) is 8.87. The number of hydrogen-bond donors (Lipinski definition) is 1. The lowest BCUT2D eigenvalue weighted by molar-refractivity contribution is 0.127. The molecule has 0 aliphatic rings. The van der Waals surface area contributed by atoms with Crippen LogP contribution in [-0.4, -0.2) is 19.3 Å². The SMILES string of the molecule is CCOCC(C)NCc1sccc1C. The van der Waals surface area contributed by atoms with Gasteiger partial charge in [-0.15, -0.1) is 11.3 Å². The summed E-state index contributed by atoms with van der Waals surface area (Å²) in [6, 6.07) is 2.59. The first-order valence-electron chi connectivity index (χ1n) is 5.08. The molecule has 1 N–H and O–H groups in total. The van der Waals surface area contributed by atoms with Gasteiger partial charge < -0.3 is 10.1 Å². The fourth-order valence-electron chi connectivity index (χ4n) is 1.21. The molecule has 1 rings (SSSR count). The molecule has 1 atom stereocenters. The van der Waals surface area contributed by atoms with E-state index in [1.807, 2.05) is 18.3 Å². The van der Waals surface area contributed by atoms with Crippen LogP contribution in [0.3, 0.4) is 0 Å². The minimum atomic E-state index is 0.427. The molecule has 0 spiro atoms. The highest BCUT2D eigenvalue weighted by atomic mass is 32.1. The molecule has 0 amide bonds. The van der Waals surface area contributed by atoms with E-state index in [9.17, 15) is 0 Å². The van der Waals surface area contributed by atoms with Crippen molar-refractivity contribution in [2.45, 2.75) is 33.4 Å². The van der Waals surface area contributed by atoms with E-state index in [4.69, 9.17) is 4.74 Å². The Bertz CT molecular complexity index is 260. The molecule has 0 fully saturated rings. The van der Waals surface area contributed by atoms with E-state index in [0.29, 0.717) is 6.04 Å². The Hall–Kier alpha value is -0.380. The highest BCUT2D eigenvalue weighted by Crippen LogP contribution is 2.14. The predicted molar refractivity (Wildman–Crippen MR) is 61.9 cm³/mol. The zero-order chi connectivity index (χ0) is 10.4. The summed E-state index contributed by atoms with van der Waals surface area (Å²) in [4.78, 5) is 1.42. The molecule has 1 aromatic rings. The number of nitrogens with one attached hydrogen (secondary N) is 1. The molecule has 3 heteroatoms. The van der Waals surface area contributed by atoms with Gasteiger partial charge in [0.15, 0.2) is 0 Å². The van der Waals surface area contributed by atoms with Crippen LogP contribution in [0.15, 0.2) is 11.4 Å². The molecule has 2 nitrogen and oxygen atoms in total. The first-order chi connectivity index (χ1) is 6.74. The van der Waals surface area contributed by atoms with Crippen LogP contribution in [0.5, 0.6) is 0 Å². The Labute approximate surface area is 90.3 Å².